The number of carboxylic acid groups (broad SMARTS) is 1. The molecule has 0 radical (unpaired) electrons. The highest BCUT2D eigenvalue weighted by Crippen LogP contribution is 2.40. The molecule has 0 aliphatic carbocycles. The molecule has 0 aromatic carbocycles. The van der Waals surface area contributed by atoms with Crippen LogP contribution in [0.5, 0.6) is 0 Å². The van der Waals surface area contributed by atoms with Gasteiger partial charge in [-0.1, -0.05) is 28.1 Å². The van der Waals surface area contributed by atoms with Gasteiger partial charge in [-0.05, 0) is 13.0 Å². The third-order valence-corrected chi connectivity index (χ3v) is 8.43. The maximum absolute atomic E-state index is 13.1. The maximum atomic E-state index is 13.1. The predicted molar refractivity (Wildman–Crippen MR) is 142 cm³/mol. The van der Waals surface area contributed by atoms with Crippen molar-refractivity contribution in [3.05, 3.63) is 57.6 Å². The summed E-state index contributed by atoms with van der Waals surface area (Å²) in [6.07, 6.45) is 5.21. The summed E-state index contributed by atoms with van der Waals surface area (Å²) >= 11 is 8.46. The predicted octanol–water partition coefficient (Wildman–Crippen LogP) is 0.970. The lowest BCUT2D eigenvalue weighted by atomic mass is 10.0. The molecule has 1 saturated heterocycles. The Labute approximate surface area is 234 Å². The number of β-lactam (4-membered cyclic amide) rings is 1. The molecule has 13 nitrogen and oxygen atoms in total. The van der Waals surface area contributed by atoms with Gasteiger partial charge < -0.3 is 21.0 Å². The van der Waals surface area contributed by atoms with E-state index in [0.717, 1.165) is 17.0 Å². The van der Waals surface area contributed by atoms with Crippen LogP contribution in [0.3, 0.4) is 0 Å². The van der Waals surface area contributed by atoms with Crippen LogP contribution in [0.2, 0.25) is 4.34 Å². The minimum Gasteiger partial charge on any atom is -0.477 e. The molecule has 16 heteroatoms. The Hall–Kier alpha value is -4.13. The smallest absolute Gasteiger partial charge is 0.352 e. The first-order valence-corrected chi connectivity index (χ1v) is 13.7. The molecule has 5 heterocycles. The van der Waals surface area contributed by atoms with Crippen LogP contribution >= 0.6 is 34.7 Å². The van der Waals surface area contributed by atoms with Gasteiger partial charge >= 0.3 is 5.97 Å². The molecule has 5 rings (SSSR count). The number of nitriles is 1. The van der Waals surface area contributed by atoms with Crippen LogP contribution in [0.15, 0.2) is 47.1 Å². The Morgan fingerprint density at radius 3 is 2.92 bits per heavy atom. The van der Waals surface area contributed by atoms with E-state index in [-0.39, 0.29) is 39.7 Å². The monoisotopic (exact) mass is 587 g/mol. The average molecular weight is 588 g/mol. The Morgan fingerprint density at radius 2 is 2.26 bits per heavy atom. The van der Waals surface area contributed by atoms with E-state index in [1.807, 2.05) is 4.57 Å². The van der Waals surface area contributed by atoms with Crippen LogP contribution in [0.25, 0.3) is 5.65 Å². The fraction of sp³-hybridized carbons (Fsp3) is 0.261. The number of nitrogens with one attached hydrogen (secondary N) is 1. The number of oxime groups is 1. The number of amides is 2. The first-order chi connectivity index (χ1) is 18.7. The Morgan fingerprint density at radius 1 is 1.46 bits per heavy atom. The van der Waals surface area contributed by atoms with Gasteiger partial charge in [0.1, 0.15) is 65.0 Å². The molecule has 0 bridgehead atoms. The molecule has 2 aliphatic heterocycles. The fourth-order valence-corrected chi connectivity index (χ4v) is 6.57. The van der Waals surface area contributed by atoms with E-state index >= 15 is 0 Å². The molecule has 4 N–H and O–H groups in total. The van der Waals surface area contributed by atoms with Gasteiger partial charge in [0.15, 0.2) is 10.8 Å². The van der Waals surface area contributed by atoms with Crippen molar-refractivity contribution in [1.29, 1.82) is 5.26 Å². The molecule has 2 aliphatic rings. The molecule has 200 valence electrons. The highest BCUT2D eigenvalue weighted by molar-refractivity contribution is 8.00. The van der Waals surface area contributed by atoms with E-state index in [1.54, 1.807) is 42.0 Å². The quantitative estimate of drug-likeness (QED) is 0.150. The molecular weight excluding hydrogens is 568 g/mol. The molecule has 0 spiro atoms. The van der Waals surface area contributed by atoms with Crippen LogP contribution in [0, 0.1) is 11.3 Å². The molecule has 2 amide bonds. The maximum Gasteiger partial charge on any atom is 0.352 e. The zero-order valence-electron chi connectivity index (χ0n) is 20.2. The number of thioether (sulfide) groups is 1. The number of aromatic nitrogens is 3. The number of hydrogen-bond acceptors (Lipinski definition) is 10. The molecule has 0 saturated carbocycles. The number of thiazole rings is 1. The minimum absolute atomic E-state index is 0.0251. The van der Waals surface area contributed by atoms with Crippen molar-refractivity contribution in [2.45, 2.75) is 24.9 Å². The minimum atomic E-state index is -1.24. The second-order valence-electron chi connectivity index (χ2n) is 8.37. The number of nitrogens with two attached hydrogens (primary N) is 1. The number of anilines is 1. The first kappa shape index (κ1) is 26.5. The standard InChI is InChI=1S/C23H19ClN8O5S2/c1-2-37-29-15(14-18(24)39-23(26)28-14)19(33)27-16-20(34)32-17(22(35)36)12(10-38-21(16)32)9-31-6-5-30-8-11(7-25)3-4-13(30)31/h3-6,8,16,21H,2,9-10H2,1H3,(H3-,26,27,28,33,35,36)/p+1/b29-15+/t16-,21-/m1/s1. The number of halogens is 1. The number of carbonyl (C=O) groups is 3. The number of aliphatic carboxylic acids is 1. The summed E-state index contributed by atoms with van der Waals surface area (Å²) in [5, 5.41) is 25.1. The van der Waals surface area contributed by atoms with Crippen LogP contribution in [-0.4, -0.2) is 66.7 Å². The third kappa shape index (κ3) is 4.78. The summed E-state index contributed by atoms with van der Waals surface area (Å²) in [5.41, 5.74) is 7.14. The fourth-order valence-electron chi connectivity index (χ4n) is 4.31. The summed E-state index contributed by atoms with van der Waals surface area (Å²) in [7, 11) is 0. The van der Waals surface area contributed by atoms with Crippen molar-refractivity contribution in [2.75, 3.05) is 18.1 Å². The molecule has 39 heavy (non-hydrogen) atoms. The van der Waals surface area contributed by atoms with Crippen LogP contribution < -0.4 is 15.6 Å². The lowest BCUT2D eigenvalue weighted by Crippen LogP contribution is -2.71. The Bertz CT molecular complexity index is 1620. The number of hydrogen-bond donors (Lipinski definition) is 3. The number of carbonyl (C=O) groups excluding carboxylic acids is 2. The van der Waals surface area contributed by atoms with Crippen LogP contribution in [-0.2, 0) is 25.8 Å². The van der Waals surface area contributed by atoms with Crippen LogP contribution in [0.1, 0.15) is 18.2 Å². The van der Waals surface area contributed by atoms with Gasteiger partial charge in [0.2, 0.25) is 0 Å². The first-order valence-electron chi connectivity index (χ1n) is 11.5. The van der Waals surface area contributed by atoms with Gasteiger partial charge in [-0.15, -0.1) is 11.8 Å². The van der Waals surface area contributed by atoms with Gasteiger partial charge in [0.05, 0.1) is 5.56 Å². The summed E-state index contributed by atoms with van der Waals surface area (Å²) in [4.78, 5) is 48.8. The SMILES string of the molecule is CCO/N=C(/C(=O)N[C@@H]1C(=O)N2C(C(=O)O)=C(C[n+]3ccn4cc(C#N)ccc43)CS[C@H]12)c1nc(N)sc1Cl. The van der Waals surface area contributed by atoms with E-state index in [2.05, 4.69) is 21.5 Å². The summed E-state index contributed by atoms with van der Waals surface area (Å²) in [5.74, 6) is -2.25. The zero-order chi connectivity index (χ0) is 27.8. The lowest BCUT2D eigenvalue weighted by Gasteiger charge is -2.49. The van der Waals surface area contributed by atoms with Gasteiger partial charge in [0.25, 0.3) is 17.5 Å². The number of rotatable bonds is 8. The number of nitrogen functional groups attached to an aromatic ring is 1. The van der Waals surface area contributed by atoms with E-state index in [4.69, 9.17) is 27.4 Å². The van der Waals surface area contributed by atoms with E-state index in [0.29, 0.717) is 16.9 Å². The number of fused-ring (bicyclic) bond motifs is 2. The molecule has 3 aromatic heterocycles. The average Bonchev–Trinajstić information content (AvgIpc) is 3.47. The van der Waals surface area contributed by atoms with Crippen molar-refractivity contribution >= 4 is 69.0 Å². The highest BCUT2D eigenvalue weighted by Gasteiger charge is 2.54. The van der Waals surface area contributed by atoms with E-state index < -0.39 is 29.2 Å². The highest BCUT2D eigenvalue weighted by atomic mass is 35.5. The summed E-state index contributed by atoms with van der Waals surface area (Å²) < 4.78 is 3.74. The second kappa shape index (κ2) is 10.6. The van der Waals surface area contributed by atoms with Gasteiger partial charge in [-0.3, -0.25) is 14.5 Å². The van der Waals surface area contributed by atoms with E-state index in [9.17, 15) is 19.5 Å². The molecule has 3 aromatic rings. The van der Waals surface area contributed by atoms with Gasteiger partial charge in [-0.2, -0.15) is 5.26 Å². The van der Waals surface area contributed by atoms with Crippen molar-refractivity contribution in [3.63, 3.8) is 0 Å². The Kier molecular flexibility index (Phi) is 7.17. The molecule has 1 fully saturated rings. The summed E-state index contributed by atoms with van der Waals surface area (Å²) in [6.45, 7) is 2.07. The van der Waals surface area contributed by atoms with Gasteiger partial charge in [-0.25, -0.2) is 18.7 Å². The zero-order valence-corrected chi connectivity index (χ0v) is 22.6. The molecular formula is C23H20ClN8O5S2+. The molecule has 0 unspecified atom stereocenters. The lowest BCUT2D eigenvalue weighted by molar-refractivity contribution is -0.662. The Balaban J connectivity index is 1.38. The largest absolute Gasteiger partial charge is 0.477 e. The number of carboxylic acids is 1. The number of pyridine rings is 1. The number of nitrogens with zero attached hydrogens (tertiary/aromatic N) is 6. The normalized spacial score (nSPS) is 18.9. The third-order valence-electron chi connectivity index (χ3n) is 6.01. The van der Waals surface area contributed by atoms with Crippen molar-refractivity contribution in [3.8, 4) is 6.07 Å². The topological polar surface area (TPSA) is 179 Å². The van der Waals surface area contributed by atoms with Gasteiger partial charge in [0, 0.05) is 17.4 Å². The van der Waals surface area contributed by atoms with E-state index in [1.165, 1.54) is 16.7 Å². The molecule has 2 atom stereocenters. The number of imidazole rings is 1. The van der Waals surface area contributed by atoms with Crippen molar-refractivity contribution in [1.82, 2.24) is 19.6 Å². The summed E-state index contributed by atoms with van der Waals surface area (Å²) in [6, 6.07) is 4.52. The second-order valence-corrected chi connectivity index (χ2v) is 11.1. The van der Waals surface area contributed by atoms with Crippen molar-refractivity contribution < 1.29 is 28.9 Å². The van der Waals surface area contributed by atoms with Crippen LogP contribution in [0.4, 0.5) is 5.13 Å². The van der Waals surface area contributed by atoms with Crippen molar-refractivity contribution in [2.24, 2.45) is 5.16 Å².